The van der Waals surface area contributed by atoms with E-state index in [0.29, 0.717) is 24.4 Å². The molecule has 0 aromatic carbocycles. The topological polar surface area (TPSA) is 35.6 Å². The molecule has 2 atom stereocenters. The maximum absolute atomic E-state index is 12.2. The van der Waals surface area contributed by atoms with Crippen LogP contribution in [0, 0.1) is 0 Å². The van der Waals surface area contributed by atoms with Crippen LogP contribution in [0.1, 0.15) is 39.5 Å². The van der Waals surface area contributed by atoms with Crippen molar-refractivity contribution >= 4 is 5.91 Å². The van der Waals surface area contributed by atoms with Gasteiger partial charge in [0.25, 0.3) is 0 Å². The average molecular weight is 253 g/mol. The Kier molecular flexibility index (Phi) is 5.01. The fraction of sp³-hybridized carbons (Fsp3) is 0.929. The van der Waals surface area contributed by atoms with Crippen molar-refractivity contribution in [2.24, 2.45) is 0 Å². The van der Waals surface area contributed by atoms with E-state index in [4.69, 9.17) is 0 Å². The molecule has 4 heteroatoms. The van der Waals surface area contributed by atoms with Crippen molar-refractivity contribution in [2.75, 3.05) is 32.7 Å². The summed E-state index contributed by atoms with van der Waals surface area (Å²) in [6, 6.07) is 1.10. The zero-order valence-corrected chi connectivity index (χ0v) is 11.8. The number of piperazine rings is 1. The Morgan fingerprint density at radius 1 is 1.22 bits per heavy atom. The van der Waals surface area contributed by atoms with Gasteiger partial charge < -0.3 is 15.1 Å². The van der Waals surface area contributed by atoms with Gasteiger partial charge in [-0.05, 0) is 25.9 Å². The first-order valence-corrected chi connectivity index (χ1v) is 7.49. The van der Waals surface area contributed by atoms with Crippen LogP contribution >= 0.6 is 0 Å². The molecule has 1 N–H and O–H groups in total. The van der Waals surface area contributed by atoms with E-state index >= 15 is 0 Å². The molecule has 0 aromatic heterocycles. The van der Waals surface area contributed by atoms with Crippen molar-refractivity contribution in [2.45, 2.75) is 51.6 Å². The number of amides is 1. The second-order valence-electron chi connectivity index (χ2n) is 5.57. The summed E-state index contributed by atoms with van der Waals surface area (Å²) in [5, 5.41) is 3.62. The van der Waals surface area contributed by atoms with Crippen LogP contribution in [0.2, 0.25) is 0 Å². The molecule has 2 aliphatic rings. The van der Waals surface area contributed by atoms with Gasteiger partial charge in [-0.15, -0.1) is 0 Å². The lowest BCUT2D eigenvalue weighted by molar-refractivity contribution is -0.134. The van der Waals surface area contributed by atoms with Crippen molar-refractivity contribution in [3.05, 3.63) is 0 Å². The number of hydrogen-bond donors (Lipinski definition) is 1. The van der Waals surface area contributed by atoms with Crippen LogP contribution in [0.25, 0.3) is 0 Å². The summed E-state index contributed by atoms with van der Waals surface area (Å²) in [5.41, 5.74) is 0. The van der Waals surface area contributed by atoms with E-state index in [1.807, 2.05) is 0 Å². The molecule has 2 saturated heterocycles. The molecule has 2 heterocycles. The van der Waals surface area contributed by atoms with E-state index in [1.165, 1.54) is 19.3 Å². The van der Waals surface area contributed by atoms with Crippen LogP contribution in [-0.4, -0.2) is 60.5 Å². The molecule has 18 heavy (non-hydrogen) atoms. The Hall–Kier alpha value is -0.610. The van der Waals surface area contributed by atoms with Gasteiger partial charge in [0.2, 0.25) is 5.91 Å². The first-order valence-electron chi connectivity index (χ1n) is 7.49. The van der Waals surface area contributed by atoms with Gasteiger partial charge in [0.05, 0.1) is 0 Å². The number of piperidine rings is 1. The van der Waals surface area contributed by atoms with E-state index in [-0.39, 0.29) is 0 Å². The number of likely N-dealkylation sites (tertiary alicyclic amines) is 1. The highest BCUT2D eigenvalue weighted by molar-refractivity contribution is 5.76. The summed E-state index contributed by atoms with van der Waals surface area (Å²) < 4.78 is 0. The van der Waals surface area contributed by atoms with Gasteiger partial charge in [-0.3, -0.25) is 4.79 Å². The van der Waals surface area contributed by atoms with Gasteiger partial charge in [0, 0.05) is 38.1 Å². The highest BCUT2D eigenvalue weighted by Crippen LogP contribution is 2.19. The molecule has 2 unspecified atom stereocenters. The third kappa shape index (κ3) is 3.45. The first kappa shape index (κ1) is 13.8. The van der Waals surface area contributed by atoms with Crippen LogP contribution < -0.4 is 5.32 Å². The molecule has 1 amide bonds. The van der Waals surface area contributed by atoms with Gasteiger partial charge >= 0.3 is 0 Å². The molecule has 2 fully saturated rings. The van der Waals surface area contributed by atoms with Gasteiger partial charge in [0.15, 0.2) is 0 Å². The summed E-state index contributed by atoms with van der Waals surface area (Å²) in [7, 11) is 0. The van der Waals surface area contributed by atoms with Gasteiger partial charge in [-0.1, -0.05) is 20.3 Å². The summed E-state index contributed by atoms with van der Waals surface area (Å²) >= 11 is 0. The molecule has 0 radical (unpaired) electrons. The molecule has 4 nitrogen and oxygen atoms in total. The Labute approximate surface area is 111 Å². The minimum absolute atomic E-state index is 0.347. The largest absolute Gasteiger partial charge is 0.340 e. The summed E-state index contributed by atoms with van der Waals surface area (Å²) in [6.45, 7) is 9.14. The first-order chi connectivity index (χ1) is 8.72. The highest BCUT2D eigenvalue weighted by atomic mass is 16.2. The van der Waals surface area contributed by atoms with E-state index in [9.17, 15) is 4.79 Å². The normalized spacial score (nSPS) is 27.6. The lowest BCUT2D eigenvalue weighted by Gasteiger charge is -2.42. The molecule has 0 saturated carbocycles. The summed E-state index contributed by atoms with van der Waals surface area (Å²) in [6.07, 6.45) is 4.47. The van der Waals surface area contributed by atoms with Crippen LogP contribution in [0.5, 0.6) is 0 Å². The smallest absolute Gasteiger partial charge is 0.223 e. The van der Waals surface area contributed by atoms with E-state index in [0.717, 1.165) is 32.7 Å². The SMILES string of the molecule is CCN(CC)CCC(=O)N1CC2CCCC(C1)N2. The Morgan fingerprint density at radius 2 is 1.83 bits per heavy atom. The predicted molar refractivity (Wildman–Crippen MR) is 73.5 cm³/mol. The third-order valence-electron chi connectivity index (χ3n) is 4.35. The van der Waals surface area contributed by atoms with Crippen molar-refractivity contribution < 1.29 is 4.79 Å². The number of hydrogen-bond acceptors (Lipinski definition) is 3. The summed E-state index contributed by atoms with van der Waals surface area (Å²) in [4.78, 5) is 16.6. The van der Waals surface area contributed by atoms with Crippen molar-refractivity contribution in [3.63, 3.8) is 0 Å². The van der Waals surface area contributed by atoms with Gasteiger partial charge in [-0.25, -0.2) is 0 Å². The Morgan fingerprint density at radius 3 is 2.39 bits per heavy atom. The third-order valence-corrected chi connectivity index (χ3v) is 4.35. The maximum Gasteiger partial charge on any atom is 0.223 e. The zero-order chi connectivity index (χ0) is 13.0. The quantitative estimate of drug-likeness (QED) is 0.796. The molecule has 2 bridgehead atoms. The number of rotatable bonds is 5. The number of nitrogens with zero attached hydrogens (tertiary/aromatic N) is 2. The Balaban J connectivity index is 1.78. The standard InChI is InChI=1S/C14H27N3O/c1-3-16(4-2)9-8-14(18)17-10-12-6-5-7-13(11-17)15-12/h12-13,15H,3-11H2,1-2H3. The molecule has 2 rings (SSSR count). The predicted octanol–water partition coefficient (Wildman–Crippen LogP) is 1.07. The zero-order valence-electron chi connectivity index (χ0n) is 11.8. The molecule has 2 aliphatic heterocycles. The van der Waals surface area contributed by atoms with Crippen LogP contribution in [-0.2, 0) is 4.79 Å². The minimum atomic E-state index is 0.347. The van der Waals surface area contributed by atoms with Crippen LogP contribution in [0.15, 0.2) is 0 Å². The summed E-state index contributed by atoms with van der Waals surface area (Å²) in [5.74, 6) is 0.347. The molecule has 0 spiro atoms. The number of fused-ring (bicyclic) bond motifs is 2. The maximum atomic E-state index is 12.2. The van der Waals surface area contributed by atoms with Crippen molar-refractivity contribution in [1.82, 2.24) is 15.1 Å². The van der Waals surface area contributed by atoms with E-state index < -0.39 is 0 Å². The number of carbonyl (C=O) groups excluding carboxylic acids is 1. The molecule has 0 aromatic rings. The van der Waals surface area contributed by atoms with E-state index in [2.05, 4.69) is 29.0 Å². The van der Waals surface area contributed by atoms with Crippen LogP contribution in [0.4, 0.5) is 0 Å². The van der Waals surface area contributed by atoms with Gasteiger partial charge in [-0.2, -0.15) is 0 Å². The second-order valence-corrected chi connectivity index (χ2v) is 5.57. The van der Waals surface area contributed by atoms with Gasteiger partial charge in [0.1, 0.15) is 0 Å². The molecule has 0 aliphatic carbocycles. The number of nitrogens with one attached hydrogen (secondary N) is 1. The fourth-order valence-corrected chi connectivity index (χ4v) is 3.16. The molecular formula is C14H27N3O. The monoisotopic (exact) mass is 253 g/mol. The molecular weight excluding hydrogens is 226 g/mol. The lowest BCUT2D eigenvalue weighted by Crippen LogP contribution is -2.60. The van der Waals surface area contributed by atoms with Crippen LogP contribution in [0.3, 0.4) is 0 Å². The molecule has 104 valence electrons. The van der Waals surface area contributed by atoms with E-state index in [1.54, 1.807) is 0 Å². The van der Waals surface area contributed by atoms with Crippen molar-refractivity contribution in [1.29, 1.82) is 0 Å². The lowest BCUT2D eigenvalue weighted by atomic mass is 9.94. The minimum Gasteiger partial charge on any atom is -0.340 e. The number of carbonyl (C=O) groups is 1. The highest BCUT2D eigenvalue weighted by Gasteiger charge is 2.31. The Bertz CT molecular complexity index is 266. The second kappa shape index (κ2) is 6.53. The fourth-order valence-electron chi connectivity index (χ4n) is 3.16. The average Bonchev–Trinajstić information content (AvgIpc) is 2.39. The van der Waals surface area contributed by atoms with Crippen molar-refractivity contribution in [3.8, 4) is 0 Å².